The van der Waals surface area contributed by atoms with Crippen LogP contribution < -0.4 is 10.1 Å². The molecule has 0 unspecified atom stereocenters. The van der Waals surface area contributed by atoms with E-state index in [1.807, 2.05) is 0 Å². The highest BCUT2D eigenvalue weighted by molar-refractivity contribution is 5.94. The van der Waals surface area contributed by atoms with Gasteiger partial charge >= 0.3 is 5.97 Å². The summed E-state index contributed by atoms with van der Waals surface area (Å²) in [5, 5.41) is 21.5. The second-order valence-electron chi connectivity index (χ2n) is 6.42. The summed E-state index contributed by atoms with van der Waals surface area (Å²) in [5.74, 6) is -0.678. The van der Waals surface area contributed by atoms with Crippen LogP contribution in [0.3, 0.4) is 0 Å². The number of amides is 1. The number of rotatable bonds is 7. The quantitative estimate of drug-likeness (QED) is 0.345. The first-order chi connectivity index (χ1) is 14.8. The van der Waals surface area contributed by atoms with Crippen molar-refractivity contribution in [2.24, 2.45) is 0 Å². The molecule has 0 bridgehead atoms. The smallest absolute Gasteiger partial charge is 0.341 e. The molecule has 1 N–H and O–H groups in total. The standard InChI is InChI=1S/C20H19N5O6/c1-12-18(22-23-24(12)14-5-4-6-15(10-14)25(28)29)19(26)21-11-13-7-8-17(30-2)16(9-13)20(27)31-3/h4-10H,11H2,1-3H3,(H,21,26). The molecule has 0 aliphatic heterocycles. The highest BCUT2D eigenvalue weighted by atomic mass is 16.6. The first-order valence-electron chi connectivity index (χ1n) is 9.06. The van der Waals surface area contributed by atoms with Gasteiger partial charge in [-0.15, -0.1) is 5.10 Å². The van der Waals surface area contributed by atoms with Gasteiger partial charge in [0.2, 0.25) is 0 Å². The molecule has 31 heavy (non-hydrogen) atoms. The molecule has 2 aromatic carbocycles. The van der Waals surface area contributed by atoms with Gasteiger partial charge in [-0.25, -0.2) is 9.48 Å². The number of carbonyl (C=O) groups excluding carboxylic acids is 2. The zero-order valence-corrected chi connectivity index (χ0v) is 17.0. The Morgan fingerprint density at radius 1 is 1.19 bits per heavy atom. The molecule has 0 spiro atoms. The predicted molar refractivity (Wildman–Crippen MR) is 108 cm³/mol. The Hall–Kier alpha value is -4.28. The minimum absolute atomic E-state index is 0.0770. The summed E-state index contributed by atoms with van der Waals surface area (Å²) >= 11 is 0. The summed E-state index contributed by atoms with van der Waals surface area (Å²) in [7, 11) is 2.71. The van der Waals surface area contributed by atoms with E-state index >= 15 is 0 Å². The van der Waals surface area contributed by atoms with E-state index in [1.54, 1.807) is 31.2 Å². The lowest BCUT2D eigenvalue weighted by molar-refractivity contribution is -0.384. The molecule has 3 aromatic rings. The predicted octanol–water partition coefficient (Wildman–Crippen LogP) is 2.21. The average Bonchev–Trinajstić information content (AvgIpc) is 3.18. The molecule has 0 aliphatic rings. The molecule has 11 nitrogen and oxygen atoms in total. The number of methoxy groups -OCH3 is 2. The summed E-state index contributed by atoms with van der Waals surface area (Å²) in [6, 6.07) is 10.7. The minimum atomic E-state index is -0.555. The van der Waals surface area contributed by atoms with E-state index in [0.717, 1.165) is 0 Å². The summed E-state index contributed by atoms with van der Waals surface area (Å²) in [5.41, 5.74) is 1.70. The Morgan fingerprint density at radius 3 is 2.65 bits per heavy atom. The number of nitrogens with one attached hydrogen (secondary N) is 1. The lowest BCUT2D eigenvalue weighted by Crippen LogP contribution is -2.24. The van der Waals surface area contributed by atoms with Gasteiger partial charge in [-0.3, -0.25) is 14.9 Å². The zero-order valence-electron chi connectivity index (χ0n) is 17.0. The molecule has 1 aromatic heterocycles. The van der Waals surface area contributed by atoms with E-state index in [4.69, 9.17) is 9.47 Å². The SMILES string of the molecule is COC(=O)c1cc(CNC(=O)c2nnn(-c3cccc([N+](=O)[O-])c3)c2C)ccc1OC. The van der Waals surface area contributed by atoms with Crippen LogP contribution in [0.15, 0.2) is 42.5 Å². The van der Waals surface area contributed by atoms with Gasteiger partial charge < -0.3 is 14.8 Å². The number of hydrogen-bond acceptors (Lipinski definition) is 8. The van der Waals surface area contributed by atoms with E-state index in [1.165, 1.54) is 37.1 Å². The molecular formula is C20H19N5O6. The van der Waals surface area contributed by atoms with Gasteiger partial charge in [-0.2, -0.15) is 0 Å². The van der Waals surface area contributed by atoms with E-state index < -0.39 is 16.8 Å². The number of nitro groups is 1. The van der Waals surface area contributed by atoms with Crippen molar-refractivity contribution in [2.75, 3.05) is 14.2 Å². The lowest BCUT2D eigenvalue weighted by Gasteiger charge is -2.10. The molecule has 1 amide bonds. The highest BCUT2D eigenvalue weighted by Gasteiger charge is 2.19. The third-order valence-corrected chi connectivity index (χ3v) is 4.52. The Kier molecular flexibility index (Phi) is 6.24. The normalized spacial score (nSPS) is 10.4. The van der Waals surface area contributed by atoms with E-state index in [0.29, 0.717) is 22.7 Å². The number of nitro benzene ring substituents is 1. The van der Waals surface area contributed by atoms with Crippen molar-refractivity contribution < 1.29 is 24.0 Å². The number of non-ortho nitro benzene ring substituents is 1. The van der Waals surface area contributed by atoms with Crippen LogP contribution >= 0.6 is 0 Å². The van der Waals surface area contributed by atoms with Crippen molar-refractivity contribution >= 4 is 17.6 Å². The van der Waals surface area contributed by atoms with Gasteiger partial charge in [-0.05, 0) is 30.7 Å². The number of nitrogens with zero attached hydrogens (tertiary/aromatic N) is 4. The molecule has 0 aliphatic carbocycles. The van der Waals surface area contributed by atoms with Crippen molar-refractivity contribution in [3.63, 3.8) is 0 Å². The molecule has 0 saturated heterocycles. The van der Waals surface area contributed by atoms with Crippen molar-refractivity contribution in [1.29, 1.82) is 0 Å². The number of carbonyl (C=O) groups is 2. The molecule has 0 fully saturated rings. The third kappa shape index (κ3) is 4.50. The van der Waals surface area contributed by atoms with Gasteiger partial charge in [0.15, 0.2) is 5.69 Å². The van der Waals surface area contributed by atoms with E-state index in [9.17, 15) is 19.7 Å². The molecule has 1 heterocycles. The zero-order chi connectivity index (χ0) is 22.5. The lowest BCUT2D eigenvalue weighted by atomic mass is 10.1. The fourth-order valence-electron chi connectivity index (χ4n) is 2.92. The first kappa shape index (κ1) is 21.4. The summed E-state index contributed by atoms with van der Waals surface area (Å²) in [6.45, 7) is 1.76. The van der Waals surface area contributed by atoms with Crippen LogP contribution in [-0.4, -0.2) is 46.0 Å². The summed E-state index contributed by atoms with van der Waals surface area (Å²) in [4.78, 5) is 35.0. The number of esters is 1. The van der Waals surface area contributed by atoms with Crippen LogP contribution in [0, 0.1) is 17.0 Å². The maximum atomic E-state index is 12.6. The van der Waals surface area contributed by atoms with Crippen LogP contribution in [0.5, 0.6) is 5.75 Å². The van der Waals surface area contributed by atoms with Crippen molar-refractivity contribution in [3.8, 4) is 11.4 Å². The monoisotopic (exact) mass is 425 g/mol. The number of ether oxygens (including phenoxy) is 2. The highest BCUT2D eigenvalue weighted by Crippen LogP contribution is 2.21. The molecule has 3 rings (SSSR count). The number of benzene rings is 2. The van der Waals surface area contributed by atoms with Crippen molar-refractivity contribution in [1.82, 2.24) is 20.3 Å². The van der Waals surface area contributed by atoms with Crippen LogP contribution in [0.4, 0.5) is 5.69 Å². The third-order valence-electron chi connectivity index (χ3n) is 4.52. The maximum Gasteiger partial charge on any atom is 0.341 e. The number of hydrogen-bond donors (Lipinski definition) is 1. The Balaban J connectivity index is 1.77. The second-order valence-corrected chi connectivity index (χ2v) is 6.42. The second kappa shape index (κ2) is 9.03. The molecule has 11 heteroatoms. The minimum Gasteiger partial charge on any atom is -0.496 e. The van der Waals surface area contributed by atoms with Crippen LogP contribution in [0.1, 0.15) is 32.1 Å². The topological polar surface area (TPSA) is 138 Å². The molecule has 0 atom stereocenters. The largest absolute Gasteiger partial charge is 0.496 e. The molecule has 0 saturated carbocycles. The van der Waals surface area contributed by atoms with E-state index in [2.05, 4.69) is 15.6 Å². The van der Waals surface area contributed by atoms with Crippen molar-refractivity contribution in [2.45, 2.75) is 13.5 Å². The first-order valence-corrected chi connectivity index (χ1v) is 9.06. The van der Waals surface area contributed by atoms with Gasteiger partial charge in [0.1, 0.15) is 11.3 Å². The van der Waals surface area contributed by atoms with Crippen LogP contribution in [0.2, 0.25) is 0 Å². The van der Waals surface area contributed by atoms with Crippen LogP contribution in [0.25, 0.3) is 5.69 Å². The average molecular weight is 425 g/mol. The maximum absolute atomic E-state index is 12.6. The summed E-state index contributed by atoms with van der Waals surface area (Å²) < 4.78 is 11.2. The molecule has 160 valence electrons. The van der Waals surface area contributed by atoms with Gasteiger partial charge in [0.25, 0.3) is 11.6 Å². The summed E-state index contributed by atoms with van der Waals surface area (Å²) in [6.07, 6.45) is 0. The Bertz CT molecular complexity index is 1160. The molecule has 0 radical (unpaired) electrons. The van der Waals surface area contributed by atoms with Crippen LogP contribution in [-0.2, 0) is 11.3 Å². The molecular weight excluding hydrogens is 406 g/mol. The van der Waals surface area contributed by atoms with E-state index in [-0.39, 0.29) is 23.5 Å². The fraction of sp³-hybridized carbons (Fsp3) is 0.200. The van der Waals surface area contributed by atoms with Gasteiger partial charge in [0.05, 0.1) is 30.5 Å². The Labute approximate surface area is 176 Å². The fourth-order valence-corrected chi connectivity index (χ4v) is 2.92. The van der Waals surface area contributed by atoms with Gasteiger partial charge in [-0.1, -0.05) is 17.3 Å². The Morgan fingerprint density at radius 2 is 1.97 bits per heavy atom. The van der Waals surface area contributed by atoms with Crippen molar-refractivity contribution in [3.05, 3.63) is 75.1 Å². The van der Waals surface area contributed by atoms with Gasteiger partial charge in [0, 0.05) is 18.7 Å². The number of aromatic nitrogens is 3.